The minimum Gasteiger partial charge on any atom is -0.345 e. The number of nitro benzene ring substituents is 1. The molecule has 1 N–H and O–H groups in total. The summed E-state index contributed by atoms with van der Waals surface area (Å²) in [5.74, 6) is -0.358. The van der Waals surface area contributed by atoms with E-state index in [2.05, 4.69) is 4.98 Å². The third kappa shape index (κ3) is 3.87. The third-order valence-electron chi connectivity index (χ3n) is 5.12. The van der Waals surface area contributed by atoms with Gasteiger partial charge in [-0.3, -0.25) is 14.9 Å². The van der Waals surface area contributed by atoms with Gasteiger partial charge in [0, 0.05) is 37.6 Å². The monoisotopic (exact) mass is 482 g/mol. The molecule has 0 radical (unpaired) electrons. The molecule has 3 aromatic rings. The summed E-state index contributed by atoms with van der Waals surface area (Å²) < 4.78 is 27.1. The molecule has 1 saturated heterocycles. The maximum Gasteiger partial charge on any atom is 0.293 e. The Morgan fingerprint density at radius 1 is 1.06 bits per heavy atom. The summed E-state index contributed by atoms with van der Waals surface area (Å²) in [5, 5.41) is 11.9. The molecule has 0 bridgehead atoms. The number of nitrogens with one attached hydrogen (secondary N) is 1. The van der Waals surface area contributed by atoms with Gasteiger partial charge in [0.15, 0.2) is 0 Å². The van der Waals surface area contributed by atoms with E-state index in [-0.39, 0.29) is 63.9 Å². The van der Waals surface area contributed by atoms with E-state index in [0.717, 1.165) is 0 Å². The van der Waals surface area contributed by atoms with Crippen LogP contribution in [-0.2, 0) is 10.0 Å². The minimum absolute atomic E-state index is 0.0395. The number of halogens is 2. The number of hydrogen-bond acceptors (Lipinski definition) is 5. The fourth-order valence-electron chi connectivity index (χ4n) is 3.53. The van der Waals surface area contributed by atoms with Crippen LogP contribution in [0.2, 0.25) is 10.0 Å². The van der Waals surface area contributed by atoms with Crippen molar-refractivity contribution in [2.45, 2.75) is 4.90 Å². The number of benzene rings is 2. The van der Waals surface area contributed by atoms with Crippen LogP contribution in [0.1, 0.15) is 10.5 Å². The molecule has 2 aromatic carbocycles. The van der Waals surface area contributed by atoms with E-state index in [1.54, 1.807) is 18.2 Å². The van der Waals surface area contributed by atoms with Crippen molar-refractivity contribution < 1.29 is 18.1 Å². The first-order chi connectivity index (χ1) is 14.7. The van der Waals surface area contributed by atoms with Crippen LogP contribution >= 0.6 is 23.2 Å². The largest absolute Gasteiger partial charge is 0.345 e. The molecule has 1 fully saturated rings. The topological polar surface area (TPSA) is 117 Å². The molecule has 1 amide bonds. The summed E-state index contributed by atoms with van der Waals surface area (Å²) in [4.78, 5) is 27.8. The van der Waals surface area contributed by atoms with Crippen molar-refractivity contribution in [2.75, 3.05) is 26.2 Å². The number of aromatic nitrogens is 1. The number of carbonyl (C=O) groups excluding carboxylic acids is 1. The van der Waals surface area contributed by atoms with Gasteiger partial charge in [-0.2, -0.15) is 4.31 Å². The smallest absolute Gasteiger partial charge is 0.293 e. The second-order valence-electron chi connectivity index (χ2n) is 6.93. The molecule has 0 atom stereocenters. The fourth-order valence-corrected chi connectivity index (χ4v) is 5.69. The van der Waals surface area contributed by atoms with E-state index in [1.807, 2.05) is 0 Å². The van der Waals surface area contributed by atoms with E-state index in [4.69, 9.17) is 23.2 Å². The van der Waals surface area contributed by atoms with Gasteiger partial charge < -0.3 is 9.88 Å². The zero-order valence-electron chi connectivity index (χ0n) is 15.9. The SMILES string of the molecule is O=C(c1cc2cccc([N+](=O)[O-])c2[nH]1)N1CCN(S(=O)(=O)c2cccc(Cl)c2Cl)CC1. The molecule has 0 saturated carbocycles. The number of hydrogen-bond donors (Lipinski definition) is 1. The van der Waals surface area contributed by atoms with Gasteiger partial charge in [-0.1, -0.05) is 41.4 Å². The molecule has 31 heavy (non-hydrogen) atoms. The number of non-ortho nitro benzene ring substituents is 1. The molecule has 0 aliphatic carbocycles. The van der Waals surface area contributed by atoms with Gasteiger partial charge in [0.2, 0.25) is 10.0 Å². The quantitative estimate of drug-likeness (QED) is 0.450. The number of sulfonamides is 1. The molecule has 1 aliphatic rings. The molecule has 12 heteroatoms. The highest BCUT2D eigenvalue weighted by Crippen LogP contribution is 2.31. The number of aromatic amines is 1. The number of amides is 1. The van der Waals surface area contributed by atoms with Crippen LogP contribution in [-0.4, -0.2) is 59.6 Å². The van der Waals surface area contributed by atoms with Crippen molar-refractivity contribution in [1.29, 1.82) is 0 Å². The first-order valence-electron chi connectivity index (χ1n) is 9.19. The van der Waals surface area contributed by atoms with E-state index in [1.165, 1.54) is 33.5 Å². The lowest BCUT2D eigenvalue weighted by Gasteiger charge is -2.34. The van der Waals surface area contributed by atoms with Gasteiger partial charge in [-0.05, 0) is 18.2 Å². The Morgan fingerprint density at radius 2 is 1.74 bits per heavy atom. The molecule has 9 nitrogen and oxygen atoms in total. The summed E-state index contributed by atoms with van der Waals surface area (Å²) in [5.41, 5.74) is 0.358. The molecule has 0 spiro atoms. The van der Waals surface area contributed by atoms with Crippen LogP contribution in [0, 0.1) is 10.1 Å². The Bertz CT molecular complexity index is 1300. The summed E-state index contributed by atoms with van der Waals surface area (Å²) >= 11 is 12.0. The molecule has 162 valence electrons. The first-order valence-corrected chi connectivity index (χ1v) is 11.4. The summed E-state index contributed by atoms with van der Waals surface area (Å²) in [6.07, 6.45) is 0. The Balaban J connectivity index is 1.52. The molecular formula is C19H16Cl2N4O5S. The van der Waals surface area contributed by atoms with Gasteiger partial charge in [-0.25, -0.2) is 8.42 Å². The van der Waals surface area contributed by atoms with Crippen molar-refractivity contribution in [3.05, 3.63) is 68.3 Å². The highest BCUT2D eigenvalue weighted by Gasteiger charge is 2.32. The van der Waals surface area contributed by atoms with E-state index < -0.39 is 14.9 Å². The molecule has 1 aliphatic heterocycles. The third-order valence-corrected chi connectivity index (χ3v) is 7.99. The van der Waals surface area contributed by atoms with Gasteiger partial charge >= 0.3 is 0 Å². The Morgan fingerprint density at radius 3 is 2.42 bits per heavy atom. The lowest BCUT2D eigenvalue weighted by atomic mass is 10.2. The second-order valence-corrected chi connectivity index (χ2v) is 9.62. The second kappa shape index (κ2) is 8.12. The summed E-state index contributed by atoms with van der Waals surface area (Å²) in [6, 6.07) is 10.5. The standard InChI is InChI=1S/C19H16Cl2N4O5S/c20-13-4-2-6-16(17(13)21)31(29,30)24-9-7-23(8-10-24)19(26)14-11-12-3-1-5-15(25(27)28)18(12)22-14/h1-6,11,22H,7-10H2. The first kappa shape index (κ1) is 21.6. The van der Waals surface area contributed by atoms with Crippen molar-refractivity contribution in [3.8, 4) is 0 Å². The van der Waals surface area contributed by atoms with Crippen LogP contribution in [0.15, 0.2) is 47.4 Å². The van der Waals surface area contributed by atoms with E-state index >= 15 is 0 Å². The number of para-hydroxylation sites is 1. The fraction of sp³-hybridized carbons (Fsp3) is 0.211. The van der Waals surface area contributed by atoms with Gasteiger partial charge in [0.1, 0.15) is 16.1 Å². The zero-order chi connectivity index (χ0) is 22.3. The number of nitrogens with zero attached hydrogens (tertiary/aromatic N) is 3. The number of nitro groups is 1. The lowest BCUT2D eigenvalue weighted by molar-refractivity contribution is -0.383. The van der Waals surface area contributed by atoms with Crippen LogP contribution in [0.4, 0.5) is 5.69 Å². The summed E-state index contributed by atoms with van der Waals surface area (Å²) in [7, 11) is -3.87. The highest BCUT2D eigenvalue weighted by molar-refractivity contribution is 7.89. The zero-order valence-corrected chi connectivity index (χ0v) is 18.2. The van der Waals surface area contributed by atoms with Crippen LogP contribution in [0.3, 0.4) is 0 Å². The van der Waals surface area contributed by atoms with E-state index in [9.17, 15) is 23.3 Å². The predicted octanol–water partition coefficient (Wildman–Crippen LogP) is 3.53. The van der Waals surface area contributed by atoms with Crippen LogP contribution in [0.25, 0.3) is 10.9 Å². The van der Waals surface area contributed by atoms with E-state index in [0.29, 0.717) is 5.39 Å². The molecular weight excluding hydrogens is 467 g/mol. The molecule has 0 unspecified atom stereocenters. The highest BCUT2D eigenvalue weighted by atomic mass is 35.5. The van der Waals surface area contributed by atoms with Crippen LogP contribution in [0.5, 0.6) is 0 Å². The minimum atomic E-state index is -3.87. The van der Waals surface area contributed by atoms with Crippen LogP contribution < -0.4 is 0 Å². The van der Waals surface area contributed by atoms with Crippen molar-refractivity contribution in [2.24, 2.45) is 0 Å². The lowest BCUT2D eigenvalue weighted by Crippen LogP contribution is -2.50. The summed E-state index contributed by atoms with van der Waals surface area (Å²) in [6.45, 7) is 0.482. The van der Waals surface area contributed by atoms with Gasteiger partial charge in [0.05, 0.1) is 15.0 Å². The Kier molecular flexibility index (Phi) is 5.65. The number of rotatable bonds is 4. The number of carbonyl (C=O) groups is 1. The Hall–Kier alpha value is -2.66. The maximum atomic E-state index is 12.9. The van der Waals surface area contributed by atoms with Crippen molar-refractivity contribution in [1.82, 2.24) is 14.2 Å². The number of fused-ring (bicyclic) bond motifs is 1. The number of piperazine rings is 1. The predicted molar refractivity (Wildman–Crippen MR) is 116 cm³/mol. The maximum absolute atomic E-state index is 12.9. The van der Waals surface area contributed by atoms with Gasteiger partial charge in [0.25, 0.3) is 11.6 Å². The molecule has 1 aromatic heterocycles. The van der Waals surface area contributed by atoms with Crippen molar-refractivity contribution in [3.63, 3.8) is 0 Å². The number of H-pyrrole nitrogens is 1. The molecule has 2 heterocycles. The molecule has 4 rings (SSSR count). The van der Waals surface area contributed by atoms with Crippen molar-refractivity contribution >= 4 is 55.7 Å². The average molecular weight is 483 g/mol. The average Bonchev–Trinajstić information content (AvgIpc) is 3.19. The van der Waals surface area contributed by atoms with Gasteiger partial charge in [-0.15, -0.1) is 0 Å². The normalized spacial score (nSPS) is 15.4. The Labute approximate surface area is 187 Å².